The Labute approximate surface area is 133 Å². The van der Waals surface area contributed by atoms with E-state index in [1.807, 2.05) is 6.07 Å². The summed E-state index contributed by atoms with van der Waals surface area (Å²) in [6, 6.07) is 10.1. The summed E-state index contributed by atoms with van der Waals surface area (Å²) in [5.41, 5.74) is 0.856. The fraction of sp³-hybridized carbons (Fsp3) is 0.250. The summed E-state index contributed by atoms with van der Waals surface area (Å²) >= 11 is 7.85. The second-order valence-corrected chi connectivity index (χ2v) is 7.28. The Bertz CT molecular complexity index is 790. The third-order valence-electron chi connectivity index (χ3n) is 3.09. The molecule has 0 amide bonds. The van der Waals surface area contributed by atoms with E-state index in [-0.39, 0.29) is 5.41 Å². The number of hydrogen-bond acceptors (Lipinski definition) is 4. The lowest BCUT2D eigenvalue weighted by Crippen LogP contribution is -2.16. The van der Waals surface area contributed by atoms with E-state index in [9.17, 15) is 0 Å². The van der Waals surface area contributed by atoms with Gasteiger partial charge in [-0.25, -0.2) is 9.97 Å². The van der Waals surface area contributed by atoms with Gasteiger partial charge in [-0.05, 0) is 35.0 Å². The first-order valence-corrected chi connectivity index (χ1v) is 7.97. The summed E-state index contributed by atoms with van der Waals surface area (Å²) in [7, 11) is 0. The monoisotopic (exact) mass is 317 g/mol. The number of nitrogens with one attached hydrogen (secondary N) is 1. The molecule has 3 nitrogen and oxygen atoms in total. The predicted octanol–water partition coefficient (Wildman–Crippen LogP) is 5.39. The van der Waals surface area contributed by atoms with Gasteiger partial charge in [0.2, 0.25) is 0 Å². The van der Waals surface area contributed by atoms with Crippen molar-refractivity contribution < 1.29 is 0 Å². The summed E-state index contributed by atoms with van der Waals surface area (Å²) < 4.78 is 1.27. The van der Waals surface area contributed by atoms with Gasteiger partial charge >= 0.3 is 0 Å². The van der Waals surface area contributed by atoms with Crippen molar-refractivity contribution in [2.24, 2.45) is 0 Å². The summed E-state index contributed by atoms with van der Waals surface area (Å²) in [6.07, 6.45) is 0. The molecule has 0 fully saturated rings. The van der Waals surface area contributed by atoms with Crippen LogP contribution in [0.3, 0.4) is 0 Å². The highest BCUT2D eigenvalue weighted by molar-refractivity contribution is 7.17. The molecule has 1 aromatic carbocycles. The molecule has 21 heavy (non-hydrogen) atoms. The molecule has 0 aliphatic heterocycles. The van der Waals surface area contributed by atoms with E-state index in [2.05, 4.69) is 59.6 Å². The molecule has 1 N–H and O–H groups in total. The Morgan fingerprint density at radius 2 is 1.90 bits per heavy atom. The summed E-state index contributed by atoms with van der Waals surface area (Å²) in [6.45, 7) is 6.21. The SMILES string of the molecule is CC(C)(C)c1nc(Cl)cc(Nc2ccc3sccc3c2)n1. The van der Waals surface area contributed by atoms with Gasteiger partial charge < -0.3 is 5.32 Å². The fourth-order valence-corrected chi connectivity index (χ4v) is 2.96. The minimum atomic E-state index is -0.140. The van der Waals surface area contributed by atoms with Gasteiger partial charge in [-0.2, -0.15) is 0 Å². The van der Waals surface area contributed by atoms with Crippen LogP contribution in [0.4, 0.5) is 11.5 Å². The average molecular weight is 318 g/mol. The summed E-state index contributed by atoms with van der Waals surface area (Å²) in [5.74, 6) is 1.45. The van der Waals surface area contributed by atoms with Crippen LogP contribution in [-0.2, 0) is 5.41 Å². The minimum absolute atomic E-state index is 0.140. The average Bonchev–Trinajstić information content (AvgIpc) is 2.84. The van der Waals surface area contributed by atoms with Crippen molar-refractivity contribution in [2.45, 2.75) is 26.2 Å². The van der Waals surface area contributed by atoms with Crippen LogP contribution >= 0.6 is 22.9 Å². The van der Waals surface area contributed by atoms with Crippen LogP contribution in [0.5, 0.6) is 0 Å². The zero-order chi connectivity index (χ0) is 15.0. The largest absolute Gasteiger partial charge is 0.340 e. The molecule has 5 heteroatoms. The molecule has 3 aromatic rings. The van der Waals surface area contributed by atoms with Gasteiger partial charge in [0.15, 0.2) is 0 Å². The molecule has 0 unspecified atom stereocenters. The molecule has 2 aromatic heterocycles. The Kier molecular flexibility index (Phi) is 3.59. The lowest BCUT2D eigenvalue weighted by Gasteiger charge is -2.17. The zero-order valence-electron chi connectivity index (χ0n) is 12.1. The number of hydrogen-bond donors (Lipinski definition) is 1. The molecule has 108 valence electrons. The van der Waals surface area contributed by atoms with E-state index in [0.29, 0.717) is 5.15 Å². The first-order chi connectivity index (χ1) is 9.91. The van der Waals surface area contributed by atoms with Crippen molar-refractivity contribution in [2.75, 3.05) is 5.32 Å². The van der Waals surface area contributed by atoms with Crippen molar-refractivity contribution in [1.82, 2.24) is 9.97 Å². The van der Waals surface area contributed by atoms with Crippen molar-refractivity contribution in [3.63, 3.8) is 0 Å². The van der Waals surface area contributed by atoms with Crippen LogP contribution in [-0.4, -0.2) is 9.97 Å². The van der Waals surface area contributed by atoms with Gasteiger partial charge in [0, 0.05) is 21.9 Å². The van der Waals surface area contributed by atoms with E-state index in [1.54, 1.807) is 17.4 Å². The smallest absolute Gasteiger partial charge is 0.137 e. The van der Waals surface area contributed by atoms with Gasteiger partial charge in [0.25, 0.3) is 0 Å². The minimum Gasteiger partial charge on any atom is -0.340 e. The standard InChI is InChI=1S/C16H16ClN3S/c1-16(2,3)15-19-13(17)9-14(20-15)18-11-4-5-12-10(8-11)6-7-21-12/h4-9H,1-3H3,(H,18,19,20). The van der Waals surface area contributed by atoms with Gasteiger partial charge in [-0.1, -0.05) is 32.4 Å². The maximum absolute atomic E-state index is 6.11. The molecule has 0 saturated heterocycles. The number of rotatable bonds is 2. The molecule has 0 spiro atoms. The highest BCUT2D eigenvalue weighted by Crippen LogP contribution is 2.27. The predicted molar refractivity (Wildman–Crippen MR) is 90.8 cm³/mol. The van der Waals surface area contributed by atoms with Crippen LogP contribution in [0.1, 0.15) is 26.6 Å². The lowest BCUT2D eigenvalue weighted by molar-refractivity contribution is 0.546. The Morgan fingerprint density at radius 1 is 1.10 bits per heavy atom. The maximum Gasteiger partial charge on any atom is 0.137 e. The van der Waals surface area contributed by atoms with Crippen molar-refractivity contribution >= 4 is 44.5 Å². The van der Waals surface area contributed by atoms with E-state index in [4.69, 9.17) is 11.6 Å². The number of fused-ring (bicyclic) bond motifs is 1. The van der Waals surface area contributed by atoms with Crippen LogP contribution in [0, 0.1) is 0 Å². The number of halogens is 1. The first-order valence-electron chi connectivity index (χ1n) is 6.71. The van der Waals surface area contributed by atoms with Gasteiger partial charge in [0.1, 0.15) is 16.8 Å². The number of anilines is 2. The maximum atomic E-state index is 6.11. The molecule has 0 aliphatic rings. The first kappa shape index (κ1) is 14.3. The second kappa shape index (κ2) is 5.28. The zero-order valence-corrected chi connectivity index (χ0v) is 13.7. The number of benzene rings is 1. The summed E-state index contributed by atoms with van der Waals surface area (Å²) in [5, 5.41) is 7.08. The van der Waals surface area contributed by atoms with Crippen LogP contribution in [0.2, 0.25) is 5.15 Å². The van der Waals surface area contributed by atoms with Crippen LogP contribution in [0.25, 0.3) is 10.1 Å². The van der Waals surface area contributed by atoms with Crippen LogP contribution < -0.4 is 5.32 Å². The van der Waals surface area contributed by atoms with E-state index < -0.39 is 0 Å². The van der Waals surface area contributed by atoms with Gasteiger partial charge in [-0.3, -0.25) is 0 Å². The fourth-order valence-electron chi connectivity index (χ4n) is 2.01. The topological polar surface area (TPSA) is 37.8 Å². The molecule has 0 saturated carbocycles. The van der Waals surface area contributed by atoms with Crippen molar-refractivity contribution in [3.05, 3.63) is 46.7 Å². The van der Waals surface area contributed by atoms with Crippen molar-refractivity contribution in [1.29, 1.82) is 0 Å². The normalized spacial score (nSPS) is 11.8. The third kappa shape index (κ3) is 3.17. The third-order valence-corrected chi connectivity index (χ3v) is 4.18. The molecule has 0 atom stereocenters. The quantitative estimate of drug-likeness (QED) is 0.644. The van der Waals surface area contributed by atoms with Crippen LogP contribution in [0.15, 0.2) is 35.7 Å². The molecule has 0 aliphatic carbocycles. The van der Waals surface area contributed by atoms with Gasteiger partial charge in [-0.15, -0.1) is 11.3 Å². The number of thiophene rings is 1. The number of aromatic nitrogens is 2. The molecular weight excluding hydrogens is 302 g/mol. The molecule has 2 heterocycles. The van der Waals surface area contributed by atoms with E-state index >= 15 is 0 Å². The Balaban J connectivity index is 1.95. The Hall–Kier alpha value is -1.65. The molecule has 0 radical (unpaired) electrons. The van der Waals surface area contributed by atoms with Gasteiger partial charge in [0.05, 0.1) is 0 Å². The molecule has 0 bridgehead atoms. The molecule has 3 rings (SSSR count). The second-order valence-electron chi connectivity index (χ2n) is 5.95. The number of nitrogens with zero attached hydrogens (tertiary/aromatic N) is 2. The van der Waals surface area contributed by atoms with Crippen molar-refractivity contribution in [3.8, 4) is 0 Å². The highest BCUT2D eigenvalue weighted by atomic mass is 35.5. The molecular formula is C16H16ClN3S. The Morgan fingerprint density at radius 3 is 2.67 bits per heavy atom. The highest BCUT2D eigenvalue weighted by Gasteiger charge is 2.18. The lowest BCUT2D eigenvalue weighted by atomic mass is 9.96. The summed E-state index contributed by atoms with van der Waals surface area (Å²) in [4.78, 5) is 8.87. The van der Waals surface area contributed by atoms with E-state index in [0.717, 1.165) is 17.3 Å². The van der Waals surface area contributed by atoms with E-state index in [1.165, 1.54) is 10.1 Å².